The van der Waals surface area contributed by atoms with Gasteiger partial charge in [0.15, 0.2) is 11.5 Å². The van der Waals surface area contributed by atoms with Crippen LogP contribution in [-0.4, -0.2) is 58.8 Å². The topological polar surface area (TPSA) is 69.0 Å². The third-order valence-corrected chi connectivity index (χ3v) is 6.51. The molecule has 0 saturated carbocycles. The lowest BCUT2D eigenvalue weighted by Crippen LogP contribution is -2.47. The summed E-state index contributed by atoms with van der Waals surface area (Å²) in [6.45, 7) is 6.09. The van der Waals surface area contributed by atoms with Crippen molar-refractivity contribution < 1.29 is 19.3 Å². The van der Waals surface area contributed by atoms with E-state index in [0.29, 0.717) is 30.2 Å². The van der Waals surface area contributed by atoms with Gasteiger partial charge in [0.2, 0.25) is 0 Å². The molecule has 0 atom stereocenters. The molecule has 0 bridgehead atoms. The molecule has 2 aromatic carbocycles. The Morgan fingerprint density at radius 3 is 2.63 bits per heavy atom. The van der Waals surface area contributed by atoms with Crippen LogP contribution in [0, 0.1) is 6.92 Å². The molecule has 1 saturated heterocycles. The van der Waals surface area contributed by atoms with E-state index >= 15 is 0 Å². The highest BCUT2D eigenvalue weighted by Crippen LogP contribution is 2.30. The molecule has 0 unspecified atom stereocenters. The van der Waals surface area contributed by atoms with Crippen molar-refractivity contribution in [1.29, 1.82) is 0 Å². The average molecular weight is 500 g/mol. The normalized spacial score (nSPS) is 15.7. The molecule has 3 aromatic rings. The smallest absolute Gasteiger partial charge is 0.161 e. The van der Waals surface area contributed by atoms with E-state index in [1.54, 1.807) is 19.2 Å². The minimum absolute atomic E-state index is 0.265. The van der Waals surface area contributed by atoms with E-state index in [1.807, 2.05) is 48.3 Å². The second kappa shape index (κ2) is 11.8. The SMILES string of the molecule is COc1cc(CN2CCC(O)(COc3cccc(Cl)c3)CC2)ccc1OCCCn1cc(C)cn1. The minimum Gasteiger partial charge on any atom is -0.493 e. The molecule has 2 heterocycles. The third kappa shape index (κ3) is 7.37. The number of halogens is 1. The molecular weight excluding hydrogens is 466 g/mol. The van der Waals surface area contributed by atoms with Gasteiger partial charge in [-0.1, -0.05) is 23.7 Å². The van der Waals surface area contributed by atoms with Gasteiger partial charge in [0.1, 0.15) is 18.0 Å². The number of hydrogen-bond acceptors (Lipinski definition) is 6. The van der Waals surface area contributed by atoms with Crippen LogP contribution in [0.1, 0.15) is 30.4 Å². The van der Waals surface area contributed by atoms with Crippen molar-refractivity contribution in [2.75, 3.05) is 33.4 Å². The number of methoxy groups -OCH3 is 1. The van der Waals surface area contributed by atoms with Crippen molar-refractivity contribution in [1.82, 2.24) is 14.7 Å². The highest BCUT2D eigenvalue weighted by molar-refractivity contribution is 6.30. The van der Waals surface area contributed by atoms with Gasteiger partial charge in [-0.05, 0) is 61.2 Å². The zero-order chi connectivity index (χ0) is 24.7. The molecule has 8 heteroatoms. The number of aliphatic hydroxyl groups is 1. The Morgan fingerprint density at radius 1 is 1.09 bits per heavy atom. The quantitative estimate of drug-likeness (QED) is 0.385. The summed E-state index contributed by atoms with van der Waals surface area (Å²) in [4.78, 5) is 2.34. The summed E-state index contributed by atoms with van der Waals surface area (Å²) < 4.78 is 19.3. The van der Waals surface area contributed by atoms with Gasteiger partial charge in [0.05, 0.1) is 19.9 Å². The average Bonchev–Trinajstić information content (AvgIpc) is 3.28. The summed E-state index contributed by atoms with van der Waals surface area (Å²) in [5, 5.41) is 15.9. The molecule has 1 aliphatic heterocycles. The van der Waals surface area contributed by atoms with E-state index in [4.69, 9.17) is 25.8 Å². The van der Waals surface area contributed by atoms with E-state index in [9.17, 15) is 5.11 Å². The van der Waals surface area contributed by atoms with Crippen LogP contribution in [0.5, 0.6) is 17.2 Å². The predicted octanol–water partition coefficient (Wildman–Crippen LogP) is 4.73. The van der Waals surface area contributed by atoms with Crippen LogP contribution in [0.25, 0.3) is 0 Å². The first-order valence-corrected chi connectivity index (χ1v) is 12.4. The monoisotopic (exact) mass is 499 g/mol. The number of benzene rings is 2. The second-order valence-electron chi connectivity index (χ2n) is 9.21. The molecule has 1 aromatic heterocycles. The van der Waals surface area contributed by atoms with Gasteiger partial charge in [0, 0.05) is 43.8 Å². The predicted molar refractivity (Wildman–Crippen MR) is 136 cm³/mol. The molecule has 188 valence electrons. The molecule has 35 heavy (non-hydrogen) atoms. The van der Waals surface area contributed by atoms with Crippen LogP contribution in [0.3, 0.4) is 0 Å². The highest BCUT2D eigenvalue weighted by Gasteiger charge is 2.33. The number of ether oxygens (including phenoxy) is 3. The lowest BCUT2D eigenvalue weighted by Gasteiger charge is -2.38. The largest absolute Gasteiger partial charge is 0.493 e. The van der Waals surface area contributed by atoms with Gasteiger partial charge in [-0.15, -0.1) is 0 Å². The van der Waals surface area contributed by atoms with Crippen molar-refractivity contribution >= 4 is 11.6 Å². The van der Waals surface area contributed by atoms with Gasteiger partial charge in [-0.25, -0.2) is 0 Å². The molecular formula is C27H34ClN3O4. The third-order valence-electron chi connectivity index (χ3n) is 6.28. The Balaban J connectivity index is 1.23. The molecule has 1 N–H and O–H groups in total. The van der Waals surface area contributed by atoms with Crippen molar-refractivity contribution in [2.45, 2.75) is 44.9 Å². The van der Waals surface area contributed by atoms with Crippen LogP contribution in [0.4, 0.5) is 0 Å². The van der Waals surface area contributed by atoms with Crippen molar-refractivity contribution in [3.05, 3.63) is 71.0 Å². The number of aromatic nitrogens is 2. The fourth-order valence-electron chi connectivity index (χ4n) is 4.23. The Bertz CT molecular complexity index is 1100. The maximum absolute atomic E-state index is 11.0. The van der Waals surface area contributed by atoms with Crippen molar-refractivity contribution in [3.63, 3.8) is 0 Å². The first-order chi connectivity index (χ1) is 16.9. The lowest BCUT2D eigenvalue weighted by molar-refractivity contribution is -0.0537. The fraction of sp³-hybridized carbons (Fsp3) is 0.444. The maximum atomic E-state index is 11.0. The van der Waals surface area contributed by atoms with Crippen LogP contribution < -0.4 is 14.2 Å². The zero-order valence-corrected chi connectivity index (χ0v) is 21.2. The summed E-state index contributed by atoms with van der Waals surface area (Å²) in [7, 11) is 1.67. The molecule has 4 rings (SSSR count). The van der Waals surface area contributed by atoms with Crippen LogP contribution in [0.2, 0.25) is 5.02 Å². The van der Waals surface area contributed by atoms with Gasteiger partial charge in [-0.2, -0.15) is 5.10 Å². The summed E-state index contributed by atoms with van der Waals surface area (Å²) in [6.07, 6.45) is 6.07. The molecule has 0 radical (unpaired) electrons. The molecule has 7 nitrogen and oxygen atoms in total. The number of nitrogens with zero attached hydrogens (tertiary/aromatic N) is 3. The van der Waals surface area contributed by atoms with Crippen molar-refractivity contribution in [2.24, 2.45) is 0 Å². The summed E-state index contributed by atoms with van der Waals surface area (Å²) >= 11 is 6.01. The van der Waals surface area contributed by atoms with Crippen LogP contribution in [-0.2, 0) is 13.1 Å². The first-order valence-electron chi connectivity index (χ1n) is 12.0. The van der Waals surface area contributed by atoms with E-state index in [1.165, 1.54) is 0 Å². The summed E-state index contributed by atoms with van der Waals surface area (Å²) in [6, 6.07) is 13.4. The van der Waals surface area contributed by atoms with Gasteiger partial charge in [0.25, 0.3) is 0 Å². The Morgan fingerprint density at radius 2 is 1.91 bits per heavy atom. The molecule has 0 aliphatic carbocycles. The lowest BCUT2D eigenvalue weighted by atomic mass is 9.92. The van der Waals surface area contributed by atoms with Crippen LogP contribution >= 0.6 is 11.6 Å². The number of likely N-dealkylation sites (tertiary alicyclic amines) is 1. The Hall–Kier alpha value is -2.74. The summed E-state index contributed by atoms with van der Waals surface area (Å²) in [5.74, 6) is 2.17. The molecule has 0 amide bonds. The first kappa shape index (κ1) is 25.4. The number of hydrogen-bond donors (Lipinski definition) is 1. The maximum Gasteiger partial charge on any atom is 0.161 e. The minimum atomic E-state index is -0.830. The fourth-order valence-corrected chi connectivity index (χ4v) is 4.41. The second-order valence-corrected chi connectivity index (χ2v) is 9.65. The standard InChI is InChI=1S/C27H34ClN3O4/c1-21-17-29-31(18-21)11-4-14-34-25-8-7-22(15-26(25)33-2)19-30-12-9-27(32,10-13-30)20-35-24-6-3-5-23(28)16-24/h3,5-8,15-18,32H,4,9-14,19-20H2,1-2H3. The molecule has 0 spiro atoms. The highest BCUT2D eigenvalue weighted by atomic mass is 35.5. The number of piperidine rings is 1. The van der Waals surface area contributed by atoms with Gasteiger partial charge >= 0.3 is 0 Å². The Kier molecular flexibility index (Phi) is 8.55. The molecule has 1 fully saturated rings. The molecule has 1 aliphatic rings. The van der Waals surface area contributed by atoms with Crippen LogP contribution in [0.15, 0.2) is 54.9 Å². The van der Waals surface area contributed by atoms with Crippen molar-refractivity contribution in [3.8, 4) is 17.2 Å². The zero-order valence-electron chi connectivity index (χ0n) is 20.5. The Labute approximate surface area is 212 Å². The summed E-state index contributed by atoms with van der Waals surface area (Å²) in [5.41, 5.74) is 1.48. The van der Waals surface area contributed by atoms with Gasteiger partial charge < -0.3 is 19.3 Å². The number of aryl methyl sites for hydroxylation is 2. The van der Waals surface area contributed by atoms with E-state index < -0.39 is 5.60 Å². The van der Waals surface area contributed by atoms with E-state index in [-0.39, 0.29) is 6.61 Å². The van der Waals surface area contributed by atoms with E-state index in [0.717, 1.165) is 55.2 Å². The van der Waals surface area contributed by atoms with Gasteiger partial charge in [-0.3, -0.25) is 9.58 Å². The number of rotatable bonds is 11. The van der Waals surface area contributed by atoms with E-state index in [2.05, 4.69) is 16.1 Å².